The van der Waals surface area contributed by atoms with Gasteiger partial charge in [-0.05, 0) is 6.42 Å². The van der Waals surface area contributed by atoms with E-state index in [9.17, 15) is 40.1 Å². The average Bonchev–Trinajstić information content (AvgIpc) is 2.90. The minimum Gasteiger partial charge on any atom is -0.387 e. The molecule has 2 aliphatic rings. The zero-order valence-corrected chi connectivity index (χ0v) is 25.3. The lowest BCUT2D eigenvalue weighted by molar-refractivity contribution is -0.870. The highest BCUT2D eigenvalue weighted by molar-refractivity contribution is 7.47. The van der Waals surface area contributed by atoms with Crippen molar-refractivity contribution in [3.05, 3.63) is 0 Å². The predicted molar refractivity (Wildman–Crippen MR) is 143 cm³/mol. The lowest BCUT2D eigenvalue weighted by Crippen LogP contribution is -2.61. The minimum absolute atomic E-state index is 0.0770. The molecule has 7 N–H and O–H groups in total. The van der Waals surface area contributed by atoms with Crippen molar-refractivity contribution in [3.8, 4) is 0 Å². The molecule has 0 spiro atoms. The molecule has 244 valence electrons. The maximum absolute atomic E-state index is 12.2. The van der Waals surface area contributed by atoms with E-state index in [1.165, 1.54) is 0 Å². The second-order valence-corrected chi connectivity index (χ2v) is 13.1. The summed E-state index contributed by atoms with van der Waals surface area (Å²) in [6, 6.07) is 0. The number of quaternary nitrogens is 1. The van der Waals surface area contributed by atoms with Gasteiger partial charge in [0.05, 0.1) is 34.4 Å². The molecule has 0 aromatic heterocycles. The first-order chi connectivity index (χ1) is 19.2. The molecule has 11 atom stereocenters. The Labute approximate surface area is 241 Å². The molecule has 16 heteroatoms. The molecule has 2 saturated heterocycles. The number of aliphatic hydroxyl groups is 6. The summed E-state index contributed by atoms with van der Waals surface area (Å²) in [4.78, 5) is 9.94. The number of ether oxygens (including phenoxy) is 4. The standard InChI is InChI=1S/C25H50NO14P/c1-5-6-7-8-9-10-12-35-24-22(31)20(29)18(27)16(39-24)14-36-25-23(32)21(30)19(28)17(40-25)15-38-41(33,34)37-13-11-26(2,3)4/h16-25,27-32H,5-15H2,1-4H3/p+1/t16-,17-,18+,19+,20+,21+,22-,23-,24-,25-/m1/s1. The Bertz CT molecular complexity index is 788. The lowest BCUT2D eigenvalue weighted by atomic mass is 9.98. The van der Waals surface area contributed by atoms with Crippen molar-refractivity contribution in [3.63, 3.8) is 0 Å². The van der Waals surface area contributed by atoms with Gasteiger partial charge in [0.15, 0.2) is 12.6 Å². The number of nitrogens with zero attached hydrogens (tertiary/aromatic N) is 1. The molecule has 2 heterocycles. The predicted octanol–water partition coefficient (Wildman–Crippen LogP) is -1.16. The average molecular weight is 621 g/mol. The minimum atomic E-state index is -4.52. The van der Waals surface area contributed by atoms with Gasteiger partial charge in [0.1, 0.15) is 62.0 Å². The number of hydrogen-bond acceptors (Lipinski definition) is 13. The number of aliphatic hydroxyl groups excluding tert-OH is 6. The molecule has 0 amide bonds. The summed E-state index contributed by atoms with van der Waals surface area (Å²) >= 11 is 0. The highest BCUT2D eigenvalue weighted by Gasteiger charge is 2.48. The van der Waals surface area contributed by atoms with Crippen molar-refractivity contribution in [2.24, 2.45) is 0 Å². The van der Waals surface area contributed by atoms with Crippen LogP contribution in [0.15, 0.2) is 0 Å². The summed E-state index contributed by atoms with van der Waals surface area (Å²) in [5.41, 5.74) is 0. The summed E-state index contributed by atoms with van der Waals surface area (Å²) in [6.45, 7) is 1.60. The van der Waals surface area contributed by atoms with Crippen LogP contribution in [0.25, 0.3) is 0 Å². The fourth-order valence-corrected chi connectivity index (χ4v) is 5.01. The van der Waals surface area contributed by atoms with Crippen LogP contribution in [0.2, 0.25) is 0 Å². The number of likely N-dealkylation sites (N-methyl/N-ethyl adjacent to an activating group) is 1. The van der Waals surface area contributed by atoms with E-state index in [-0.39, 0.29) is 13.2 Å². The first kappa shape index (κ1) is 36.9. The van der Waals surface area contributed by atoms with E-state index in [2.05, 4.69) is 6.92 Å². The second kappa shape index (κ2) is 17.2. The van der Waals surface area contributed by atoms with Gasteiger partial charge in [-0.1, -0.05) is 39.0 Å². The van der Waals surface area contributed by atoms with Gasteiger partial charge in [-0.3, -0.25) is 9.05 Å². The van der Waals surface area contributed by atoms with Crippen LogP contribution < -0.4 is 0 Å². The topological polar surface area (TPSA) is 214 Å². The summed E-state index contributed by atoms with van der Waals surface area (Å²) in [5.74, 6) is 0. The third-order valence-corrected chi connectivity index (χ3v) is 7.94. The van der Waals surface area contributed by atoms with Crippen LogP contribution in [-0.4, -0.2) is 156 Å². The molecule has 2 rings (SSSR count). The van der Waals surface area contributed by atoms with E-state index in [1.54, 1.807) is 0 Å². The third kappa shape index (κ3) is 12.3. The molecule has 0 bridgehead atoms. The number of hydrogen-bond donors (Lipinski definition) is 7. The maximum atomic E-state index is 12.2. The largest absolute Gasteiger partial charge is 0.472 e. The Morgan fingerprint density at radius 3 is 1.73 bits per heavy atom. The zero-order chi connectivity index (χ0) is 30.8. The molecule has 1 unspecified atom stereocenters. The highest BCUT2D eigenvalue weighted by Crippen LogP contribution is 2.43. The first-order valence-corrected chi connectivity index (χ1v) is 15.7. The zero-order valence-electron chi connectivity index (χ0n) is 24.4. The molecule has 0 aliphatic carbocycles. The van der Waals surface area contributed by atoms with E-state index in [0.29, 0.717) is 11.0 Å². The highest BCUT2D eigenvalue weighted by atomic mass is 31.2. The molecule has 41 heavy (non-hydrogen) atoms. The van der Waals surface area contributed by atoms with Gasteiger partial charge in [-0.2, -0.15) is 0 Å². The Kier molecular flexibility index (Phi) is 15.5. The molecule has 0 aromatic carbocycles. The molecular formula is C25H51NO14P+. The summed E-state index contributed by atoms with van der Waals surface area (Å²) in [6.07, 6.45) is -9.13. The van der Waals surface area contributed by atoms with Gasteiger partial charge in [0.2, 0.25) is 0 Å². The SMILES string of the molecule is CCCCCCCCO[C@@H]1O[C@H](CO[C@@H]2O[C@H](COP(=O)(O)OCC[N+](C)(C)C)[C@H](O)[C@H](O)[C@H]2O)[C@H](O)[C@H](O)[C@H]1O. The summed E-state index contributed by atoms with van der Waals surface area (Å²) < 4.78 is 44.7. The van der Waals surface area contributed by atoms with E-state index < -0.39 is 82.4 Å². The van der Waals surface area contributed by atoms with Crippen LogP contribution >= 0.6 is 7.82 Å². The lowest BCUT2D eigenvalue weighted by Gasteiger charge is -2.43. The fraction of sp³-hybridized carbons (Fsp3) is 1.00. The Morgan fingerprint density at radius 1 is 0.659 bits per heavy atom. The van der Waals surface area contributed by atoms with Crippen molar-refractivity contribution in [1.29, 1.82) is 0 Å². The van der Waals surface area contributed by atoms with Gasteiger partial charge >= 0.3 is 7.82 Å². The van der Waals surface area contributed by atoms with Crippen molar-refractivity contribution < 1.29 is 72.6 Å². The Hall–Kier alpha value is -0.330. The van der Waals surface area contributed by atoms with Crippen molar-refractivity contribution in [2.45, 2.75) is 107 Å². The molecule has 15 nitrogen and oxygen atoms in total. The van der Waals surface area contributed by atoms with E-state index in [1.807, 2.05) is 21.1 Å². The van der Waals surface area contributed by atoms with E-state index in [0.717, 1.165) is 38.5 Å². The number of phosphoric acid groups is 1. The Morgan fingerprint density at radius 2 is 1.17 bits per heavy atom. The van der Waals surface area contributed by atoms with Crippen LogP contribution in [0, 0.1) is 0 Å². The Balaban J connectivity index is 1.88. The van der Waals surface area contributed by atoms with Crippen molar-refractivity contribution >= 4 is 7.82 Å². The quantitative estimate of drug-likeness (QED) is 0.0547. The number of rotatable bonds is 18. The third-order valence-electron chi connectivity index (χ3n) is 6.96. The second-order valence-electron chi connectivity index (χ2n) is 11.6. The molecule has 2 aliphatic heterocycles. The van der Waals surface area contributed by atoms with Crippen molar-refractivity contribution in [2.75, 3.05) is 54.1 Å². The van der Waals surface area contributed by atoms with Gasteiger partial charge in [0.25, 0.3) is 0 Å². The fourth-order valence-electron chi connectivity index (χ4n) is 4.29. The van der Waals surface area contributed by atoms with Gasteiger partial charge in [-0.15, -0.1) is 0 Å². The maximum Gasteiger partial charge on any atom is 0.472 e. The smallest absolute Gasteiger partial charge is 0.387 e. The molecule has 0 aromatic rings. The van der Waals surface area contributed by atoms with Gasteiger partial charge in [0, 0.05) is 6.61 Å². The summed E-state index contributed by atoms with van der Waals surface area (Å²) in [7, 11) is 1.10. The normalized spacial score (nSPS) is 36.3. The van der Waals surface area contributed by atoms with Crippen LogP contribution in [0.5, 0.6) is 0 Å². The van der Waals surface area contributed by atoms with E-state index >= 15 is 0 Å². The van der Waals surface area contributed by atoms with Crippen molar-refractivity contribution in [1.82, 2.24) is 0 Å². The molecule has 0 radical (unpaired) electrons. The first-order valence-electron chi connectivity index (χ1n) is 14.2. The number of unbranched alkanes of at least 4 members (excludes halogenated alkanes) is 5. The monoisotopic (exact) mass is 620 g/mol. The van der Waals surface area contributed by atoms with Gasteiger partial charge < -0.3 is 59.0 Å². The number of phosphoric ester groups is 1. The van der Waals surface area contributed by atoms with Crippen LogP contribution in [0.3, 0.4) is 0 Å². The van der Waals surface area contributed by atoms with Crippen LogP contribution in [0.4, 0.5) is 0 Å². The van der Waals surface area contributed by atoms with Gasteiger partial charge in [-0.25, -0.2) is 4.57 Å². The van der Waals surface area contributed by atoms with E-state index in [4.69, 9.17) is 28.0 Å². The molecule has 2 fully saturated rings. The summed E-state index contributed by atoms with van der Waals surface area (Å²) in [5, 5.41) is 61.9. The molecule has 0 saturated carbocycles. The van der Waals surface area contributed by atoms with Crippen LogP contribution in [-0.2, 0) is 32.6 Å². The molecular weight excluding hydrogens is 569 g/mol. The van der Waals surface area contributed by atoms with Crippen LogP contribution in [0.1, 0.15) is 45.4 Å².